The van der Waals surface area contributed by atoms with Crippen molar-refractivity contribution in [1.82, 2.24) is 10.3 Å². The number of alkyl halides is 3. The van der Waals surface area contributed by atoms with E-state index in [4.69, 9.17) is 0 Å². The van der Waals surface area contributed by atoms with Gasteiger partial charge in [-0.2, -0.15) is 13.2 Å². The summed E-state index contributed by atoms with van der Waals surface area (Å²) >= 11 is 1.05. The van der Waals surface area contributed by atoms with E-state index in [-0.39, 0.29) is 28.7 Å². The smallest absolute Gasteiger partial charge is 0.337 e. The molecular formula is C15H16F3N3O3S2. The van der Waals surface area contributed by atoms with Crippen LogP contribution < -0.4 is 10.6 Å². The van der Waals surface area contributed by atoms with Gasteiger partial charge in [-0.15, -0.1) is 11.3 Å². The highest BCUT2D eigenvalue weighted by atomic mass is 32.2. The number of carbonyl (C=O) groups is 1. The van der Waals surface area contributed by atoms with E-state index in [0.717, 1.165) is 23.5 Å². The largest absolute Gasteiger partial charge is 0.416 e. The lowest BCUT2D eigenvalue weighted by molar-refractivity contribution is -0.137. The Morgan fingerprint density at radius 3 is 2.69 bits per heavy atom. The highest BCUT2D eigenvalue weighted by molar-refractivity contribution is 7.91. The molecule has 0 aliphatic rings. The summed E-state index contributed by atoms with van der Waals surface area (Å²) in [5.74, 6) is -0.187. The average molecular weight is 407 g/mol. The van der Waals surface area contributed by atoms with Crippen LogP contribution in [-0.2, 0) is 16.0 Å². The first kappa shape index (κ1) is 20.2. The Morgan fingerprint density at radius 1 is 1.31 bits per heavy atom. The second-order valence-corrected chi connectivity index (χ2v) is 8.56. The molecular weight excluding hydrogens is 391 g/mol. The van der Waals surface area contributed by atoms with Crippen LogP contribution in [0.2, 0.25) is 0 Å². The number of hydrogen-bond acceptors (Lipinski definition) is 5. The highest BCUT2D eigenvalue weighted by Crippen LogP contribution is 2.33. The molecule has 0 saturated heterocycles. The molecule has 1 heterocycles. The first-order chi connectivity index (χ1) is 12.1. The number of urea groups is 1. The Bertz CT molecular complexity index is 880. The third kappa shape index (κ3) is 5.70. The molecule has 142 valence electrons. The van der Waals surface area contributed by atoms with Crippen molar-refractivity contribution in [3.05, 3.63) is 35.2 Å². The van der Waals surface area contributed by atoms with Gasteiger partial charge in [0.2, 0.25) is 0 Å². The number of amides is 2. The minimum Gasteiger partial charge on any atom is -0.337 e. The Balaban J connectivity index is 1.99. The van der Waals surface area contributed by atoms with E-state index in [1.165, 1.54) is 24.4 Å². The third-order valence-corrected chi connectivity index (χ3v) is 5.81. The van der Waals surface area contributed by atoms with Crippen molar-refractivity contribution in [3.63, 3.8) is 0 Å². The minimum absolute atomic E-state index is 0.0108. The second kappa shape index (κ2) is 8.04. The molecule has 0 unspecified atom stereocenters. The number of halogens is 3. The molecule has 0 saturated carbocycles. The Kier molecular flexibility index (Phi) is 6.24. The number of nitrogens with one attached hydrogen (secondary N) is 2. The molecule has 2 rings (SSSR count). The molecule has 1 aromatic carbocycles. The minimum atomic E-state index is -4.45. The zero-order valence-electron chi connectivity index (χ0n) is 13.6. The Hall–Kier alpha value is -2.14. The summed E-state index contributed by atoms with van der Waals surface area (Å²) in [5.41, 5.74) is -0.212. The molecule has 1 aromatic heterocycles. The molecule has 0 spiro atoms. The second-order valence-electron chi connectivity index (χ2n) is 5.23. The summed E-state index contributed by atoms with van der Waals surface area (Å²) < 4.78 is 61.0. The van der Waals surface area contributed by atoms with Crippen LogP contribution in [0, 0.1) is 0 Å². The predicted octanol–water partition coefficient (Wildman–Crippen LogP) is 3.39. The maximum atomic E-state index is 12.8. The van der Waals surface area contributed by atoms with Gasteiger partial charge in [0.1, 0.15) is 0 Å². The number of sulfone groups is 1. The van der Waals surface area contributed by atoms with Crippen LogP contribution in [0.15, 0.2) is 29.6 Å². The molecule has 0 radical (unpaired) electrons. The zero-order chi connectivity index (χ0) is 19.4. The van der Waals surface area contributed by atoms with Crippen molar-refractivity contribution in [2.45, 2.75) is 13.1 Å². The van der Waals surface area contributed by atoms with Crippen LogP contribution in [-0.4, -0.2) is 37.5 Å². The molecule has 2 amide bonds. The lowest BCUT2D eigenvalue weighted by Gasteiger charge is -2.07. The molecule has 0 bridgehead atoms. The number of carbonyl (C=O) groups excluding carboxylic acids is 1. The van der Waals surface area contributed by atoms with Crippen LogP contribution in [0.4, 0.5) is 23.1 Å². The summed E-state index contributed by atoms with van der Waals surface area (Å²) in [4.78, 5) is 15.8. The van der Waals surface area contributed by atoms with Gasteiger partial charge < -0.3 is 5.32 Å². The van der Waals surface area contributed by atoms with Crippen molar-refractivity contribution >= 4 is 32.3 Å². The fourth-order valence-corrected chi connectivity index (χ4v) is 3.34. The fourth-order valence-electron chi connectivity index (χ4n) is 1.92. The number of aromatic nitrogens is 1. The monoisotopic (exact) mass is 407 g/mol. The first-order valence-electron chi connectivity index (χ1n) is 7.49. The maximum Gasteiger partial charge on any atom is 0.416 e. The van der Waals surface area contributed by atoms with Crippen LogP contribution in [0.3, 0.4) is 0 Å². The summed E-state index contributed by atoms with van der Waals surface area (Å²) in [6.07, 6.45) is -4.45. The van der Waals surface area contributed by atoms with Crippen molar-refractivity contribution in [2.24, 2.45) is 0 Å². The van der Waals surface area contributed by atoms with E-state index < -0.39 is 27.6 Å². The summed E-state index contributed by atoms with van der Waals surface area (Å²) in [6.45, 7) is 1.47. The average Bonchev–Trinajstić information content (AvgIpc) is 3.02. The number of anilines is 1. The molecule has 6 nitrogen and oxygen atoms in total. The predicted molar refractivity (Wildman–Crippen MR) is 93.9 cm³/mol. The molecule has 0 atom stereocenters. The van der Waals surface area contributed by atoms with E-state index in [1.807, 2.05) is 0 Å². The van der Waals surface area contributed by atoms with Gasteiger partial charge >= 0.3 is 12.2 Å². The van der Waals surface area contributed by atoms with Crippen LogP contribution in [0.5, 0.6) is 0 Å². The lowest BCUT2D eigenvalue weighted by atomic mass is 10.1. The Morgan fingerprint density at radius 2 is 2.04 bits per heavy atom. The molecule has 2 N–H and O–H groups in total. The van der Waals surface area contributed by atoms with Gasteiger partial charge in [0.15, 0.2) is 15.0 Å². The standard InChI is InChI=1S/C15H16F3N3O3S2/c1-2-26(23,24)7-6-19-13(22)21-14-20-12(9-25-14)10-4-3-5-11(8-10)15(16,17)18/h3-5,8-9H,2,6-7H2,1H3,(H2,19,20,21,22). The SMILES string of the molecule is CCS(=O)(=O)CCNC(=O)Nc1nc(-c2cccc(C(F)(F)F)c2)cs1. The lowest BCUT2D eigenvalue weighted by Crippen LogP contribution is -2.33. The third-order valence-electron chi connectivity index (χ3n) is 3.35. The van der Waals surface area contributed by atoms with E-state index in [2.05, 4.69) is 15.6 Å². The molecule has 0 aliphatic heterocycles. The van der Waals surface area contributed by atoms with Crippen LogP contribution >= 0.6 is 11.3 Å². The van der Waals surface area contributed by atoms with Gasteiger partial charge in [-0.1, -0.05) is 19.1 Å². The van der Waals surface area contributed by atoms with Crippen molar-refractivity contribution in [3.8, 4) is 11.3 Å². The number of rotatable bonds is 6. The normalized spacial score (nSPS) is 12.0. The molecule has 11 heteroatoms. The fraction of sp³-hybridized carbons (Fsp3) is 0.333. The van der Waals surface area contributed by atoms with Crippen molar-refractivity contribution < 1.29 is 26.4 Å². The quantitative estimate of drug-likeness (QED) is 0.768. The summed E-state index contributed by atoms with van der Waals surface area (Å²) in [7, 11) is -3.18. The van der Waals surface area contributed by atoms with Gasteiger partial charge in [-0.05, 0) is 12.1 Å². The van der Waals surface area contributed by atoms with Gasteiger partial charge in [0, 0.05) is 23.2 Å². The van der Waals surface area contributed by atoms with Crippen LogP contribution in [0.25, 0.3) is 11.3 Å². The molecule has 2 aromatic rings. The zero-order valence-corrected chi connectivity index (χ0v) is 15.3. The van der Waals surface area contributed by atoms with E-state index in [0.29, 0.717) is 5.69 Å². The molecule has 0 fully saturated rings. The van der Waals surface area contributed by atoms with E-state index in [9.17, 15) is 26.4 Å². The summed E-state index contributed by atoms with van der Waals surface area (Å²) in [6, 6.07) is 4.08. The van der Waals surface area contributed by atoms with Crippen molar-refractivity contribution in [2.75, 3.05) is 23.4 Å². The van der Waals surface area contributed by atoms with Gasteiger partial charge in [0.05, 0.1) is 17.0 Å². The van der Waals surface area contributed by atoms with E-state index >= 15 is 0 Å². The topological polar surface area (TPSA) is 88.2 Å². The first-order valence-corrected chi connectivity index (χ1v) is 10.2. The van der Waals surface area contributed by atoms with Gasteiger partial charge in [-0.3, -0.25) is 5.32 Å². The van der Waals surface area contributed by atoms with Gasteiger partial charge in [-0.25, -0.2) is 18.2 Å². The Labute approximate surface area is 152 Å². The number of benzene rings is 1. The number of hydrogen-bond donors (Lipinski definition) is 2. The van der Waals surface area contributed by atoms with E-state index in [1.54, 1.807) is 0 Å². The maximum absolute atomic E-state index is 12.8. The number of thiazole rings is 1. The number of nitrogens with zero attached hydrogens (tertiary/aromatic N) is 1. The van der Waals surface area contributed by atoms with Crippen LogP contribution in [0.1, 0.15) is 12.5 Å². The highest BCUT2D eigenvalue weighted by Gasteiger charge is 2.30. The van der Waals surface area contributed by atoms with Crippen molar-refractivity contribution in [1.29, 1.82) is 0 Å². The molecule has 26 heavy (non-hydrogen) atoms. The summed E-state index contributed by atoms with van der Waals surface area (Å²) in [5, 5.41) is 6.52. The molecule has 0 aliphatic carbocycles. The van der Waals surface area contributed by atoms with Gasteiger partial charge in [0.25, 0.3) is 0 Å².